The zero-order chi connectivity index (χ0) is 13.1. The van der Waals surface area contributed by atoms with Gasteiger partial charge in [-0.1, -0.05) is 34.1 Å². The van der Waals surface area contributed by atoms with Crippen molar-refractivity contribution in [2.75, 3.05) is 5.32 Å². The van der Waals surface area contributed by atoms with Crippen molar-refractivity contribution in [2.24, 2.45) is 0 Å². The lowest BCUT2D eigenvalue weighted by Gasteiger charge is -2.10. The number of halogens is 2. The van der Waals surface area contributed by atoms with Crippen molar-refractivity contribution in [3.05, 3.63) is 62.0 Å². The molecule has 2 aromatic rings. The maximum absolute atomic E-state index is 3.58. The van der Waals surface area contributed by atoms with Gasteiger partial charge in [0.2, 0.25) is 0 Å². The maximum Gasteiger partial charge on any atom is 0.0487 e. The first-order valence-corrected chi connectivity index (χ1v) is 7.40. The zero-order valence-electron chi connectivity index (χ0n) is 10.4. The minimum Gasteiger partial charge on any atom is -0.380 e. The Kier molecular flexibility index (Phi) is 4.46. The van der Waals surface area contributed by atoms with Crippen LogP contribution in [-0.2, 0) is 6.54 Å². The van der Waals surface area contributed by atoms with Crippen LogP contribution in [0.15, 0.2) is 45.3 Å². The number of nitrogens with one attached hydrogen (secondary N) is 1. The number of rotatable bonds is 3. The minimum atomic E-state index is 0.829. The first kappa shape index (κ1) is 13.6. The van der Waals surface area contributed by atoms with Crippen molar-refractivity contribution >= 4 is 37.5 Å². The maximum atomic E-state index is 3.58. The third-order valence-electron chi connectivity index (χ3n) is 2.83. The lowest BCUT2D eigenvalue weighted by atomic mass is 10.1. The van der Waals surface area contributed by atoms with Gasteiger partial charge in [0.25, 0.3) is 0 Å². The van der Waals surface area contributed by atoms with Gasteiger partial charge in [0.1, 0.15) is 0 Å². The van der Waals surface area contributed by atoms with Crippen molar-refractivity contribution in [2.45, 2.75) is 20.4 Å². The lowest BCUT2D eigenvalue weighted by Crippen LogP contribution is -2.00. The smallest absolute Gasteiger partial charge is 0.0487 e. The number of hydrogen-bond acceptors (Lipinski definition) is 1. The van der Waals surface area contributed by atoms with Crippen LogP contribution in [0.25, 0.3) is 0 Å². The Balaban J connectivity index is 2.09. The Morgan fingerprint density at radius 1 is 0.944 bits per heavy atom. The van der Waals surface area contributed by atoms with Crippen LogP contribution in [0.4, 0.5) is 5.69 Å². The van der Waals surface area contributed by atoms with E-state index >= 15 is 0 Å². The molecule has 0 aliphatic rings. The van der Waals surface area contributed by atoms with Crippen LogP contribution < -0.4 is 5.32 Å². The Morgan fingerprint density at radius 2 is 1.72 bits per heavy atom. The predicted molar refractivity (Wildman–Crippen MR) is 85.1 cm³/mol. The van der Waals surface area contributed by atoms with E-state index in [1.165, 1.54) is 16.7 Å². The van der Waals surface area contributed by atoms with E-state index < -0.39 is 0 Å². The topological polar surface area (TPSA) is 12.0 Å². The average Bonchev–Trinajstić information content (AvgIpc) is 2.32. The quantitative estimate of drug-likeness (QED) is 0.760. The summed E-state index contributed by atoms with van der Waals surface area (Å²) < 4.78 is 2.26. The molecule has 0 radical (unpaired) electrons. The van der Waals surface area contributed by atoms with Gasteiger partial charge in [-0.3, -0.25) is 0 Å². The van der Waals surface area contributed by atoms with Crippen molar-refractivity contribution in [1.82, 2.24) is 0 Å². The summed E-state index contributed by atoms with van der Waals surface area (Å²) in [6, 6.07) is 12.8. The molecule has 0 unspecified atom stereocenters. The summed E-state index contributed by atoms with van der Waals surface area (Å²) in [7, 11) is 0. The molecule has 0 fully saturated rings. The highest BCUT2D eigenvalue weighted by molar-refractivity contribution is 9.10. The number of aryl methyl sites for hydroxylation is 2. The molecule has 1 nitrogen and oxygen atoms in total. The van der Waals surface area contributed by atoms with Gasteiger partial charge in [-0.2, -0.15) is 0 Å². The van der Waals surface area contributed by atoms with Crippen LogP contribution in [0.1, 0.15) is 16.7 Å². The molecule has 2 rings (SSSR count). The van der Waals surface area contributed by atoms with E-state index in [-0.39, 0.29) is 0 Å². The highest BCUT2D eigenvalue weighted by Crippen LogP contribution is 2.24. The highest BCUT2D eigenvalue weighted by Gasteiger charge is 2.01. The molecule has 0 heterocycles. The zero-order valence-corrected chi connectivity index (χ0v) is 13.6. The van der Waals surface area contributed by atoms with Crippen LogP contribution in [-0.4, -0.2) is 0 Å². The van der Waals surface area contributed by atoms with E-state index in [9.17, 15) is 0 Å². The Morgan fingerprint density at radius 3 is 2.39 bits per heavy atom. The summed E-state index contributed by atoms with van der Waals surface area (Å²) in [6.07, 6.45) is 0. The molecular formula is C15H15Br2N. The van der Waals surface area contributed by atoms with Gasteiger partial charge in [0.15, 0.2) is 0 Å². The number of anilines is 1. The van der Waals surface area contributed by atoms with Crippen LogP contribution in [0, 0.1) is 13.8 Å². The minimum absolute atomic E-state index is 0.829. The summed E-state index contributed by atoms with van der Waals surface area (Å²) >= 11 is 7.09. The van der Waals surface area contributed by atoms with E-state index in [1.807, 2.05) is 0 Å². The molecule has 2 aromatic carbocycles. The van der Waals surface area contributed by atoms with Gasteiger partial charge in [-0.05, 0) is 64.7 Å². The van der Waals surface area contributed by atoms with Crippen molar-refractivity contribution in [3.8, 4) is 0 Å². The molecule has 3 heteroatoms. The molecule has 0 amide bonds. The lowest BCUT2D eigenvalue weighted by molar-refractivity contribution is 1.13. The fourth-order valence-electron chi connectivity index (χ4n) is 1.78. The third-order valence-corrected chi connectivity index (χ3v) is 4.38. The Labute approximate surface area is 125 Å². The molecule has 0 saturated carbocycles. The normalized spacial score (nSPS) is 10.4. The molecule has 94 valence electrons. The third kappa shape index (κ3) is 3.36. The molecule has 0 aliphatic carbocycles. The van der Waals surface area contributed by atoms with E-state index in [4.69, 9.17) is 0 Å². The van der Waals surface area contributed by atoms with Gasteiger partial charge in [0.05, 0.1) is 0 Å². The van der Waals surface area contributed by atoms with Crippen LogP contribution in [0.3, 0.4) is 0 Å². The Bertz CT molecular complexity index is 564. The van der Waals surface area contributed by atoms with Crippen LogP contribution >= 0.6 is 31.9 Å². The van der Waals surface area contributed by atoms with E-state index in [0.717, 1.165) is 21.2 Å². The first-order chi connectivity index (χ1) is 8.56. The van der Waals surface area contributed by atoms with Gasteiger partial charge >= 0.3 is 0 Å². The van der Waals surface area contributed by atoms with Crippen molar-refractivity contribution in [1.29, 1.82) is 0 Å². The van der Waals surface area contributed by atoms with Crippen LogP contribution in [0.5, 0.6) is 0 Å². The highest BCUT2D eigenvalue weighted by atomic mass is 79.9. The second kappa shape index (κ2) is 5.89. The average molecular weight is 369 g/mol. The summed E-state index contributed by atoms with van der Waals surface area (Å²) in [5.74, 6) is 0. The molecule has 0 bridgehead atoms. The van der Waals surface area contributed by atoms with Gasteiger partial charge < -0.3 is 5.32 Å². The first-order valence-electron chi connectivity index (χ1n) is 5.81. The number of hydrogen-bond donors (Lipinski definition) is 1. The standard InChI is InChI=1S/C15H15Br2N/c1-10-3-6-15(14(17)7-10)18-9-12-4-5-13(16)11(2)8-12/h3-8,18H,9H2,1-2H3. The van der Waals surface area contributed by atoms with Crippen LogP contribution in [0.2, 0.25) is 0 Å². The Hall–Kier alpha value is -0.800. The van der Waals surface area contributed by atoms with Gasteiger partial charge in [-0.25, -0.2) is 0 Å². The summed E-state index contributed by atoms with van der Waals surface area (Å²) in [4.78, 5) is 0. The summed E-state index contributed by atoms with van der Waals surface area (Å²) in [5, 5.41) is 3.44. The number of benzene rings is 2. The second-order valence-electron chi connectivity index (χ2n) is 4.42. The molecule has 0 aromatic heterocycles. The predicted octanol–water partition coefficient (Wildman–Crippen LogP) is 5.44. The fourth-order valence-corrected chi connectivity index (χ4v) is 2.66. The fraction of sp³-hybridized carbons (Fsp3) is 0.200. The molecule has 1 N–H and O–H groups in total. The molecule has 0 atom stereocenters. The SMILES string of the molecule is Cc1ccc(NCc2ccc(Br)c(C)c2)c(Br)c1. The molecule has 0 spiro atoms. The van der Waals surface area contributed by atoms with E-state index in [2.05, 4.69) is 87.4 Å². The molecule has 18 heavy (non-hydrogen) atoms. The summed E-state index contributed by atoms with van der Waals surface area (Å²) in [6.45, 7) is 5.03. The van der Waals surface area contributed by atoms with E-state index in [1.54, 1.807) is 0 Å². The molecule has 0 saturated heterocycles. The van der Waals surface area contributed by atoms with Gasteiger partial charge in [0, 0.05) is 21.2 Å². The van der Waals surface area contributed by atoms with Crippen molar-refractivity contribution < 1.29 is 0 Å². The van der Waals surface area contributed by atoms with E-state index in [0.29, 0.717) is 0 Å². The summed E-state index contributed by atoms with van der Waals surface area (Å²) in [5.41, 5.74) is 4.92. The molecular weight excluding hydrogens is 354 g/mol. The molecule has 0 aliphatic heterocycles. The second-order valence-corrected chi connectivity index (χ2v) is 6.13. The van der Waals surface area contributed by atoms with Gasteiger partial charge in [-0.15, -0.1) is 0 Å². The monoisotopic (exact) mass is 367 g/mol. The largest absolute Gasteiger partial charge is 0.380 e. The van der Waals surface area contributed by atoms with Crippen molar-refractivity contribution in [3.63, 3.8) is 0 Å².